The first kappa shape index (κ1) is 15.1. The van der Waals surface area contributed by atoms with Gasteiger partial charge in [0.1, 0.15) is 0 Å². The van der Waals surface area contributed by atoms with Crippen LogP contribution in [0.4, 0.5) is 24.5 Å². The van der Waals surface area contributed by atoms with Gasteiger partial charge in [-0.25, -0.2) is 0 Å². The molecule has 0 fully saturated rings. The third-order valence-electron chi connectivity index (χ3n) is 4.08. The third-order valence-corrected chi connectivity index (χ3v) is 4.08. The van der Waals surface area contributed by atoms with Crippen molar-refractivity contribution in [2.75, 3.05) is 18.1 Å². The zero-order valence-corrected chi connectivity index (χ0v) is 12.6. The van der Waals surface area contributed by atoms with Gasteiger partial charge in [-0.1, -0.05) is 24.3 Å². The Labute approximate surface area is 136 Å². The highest BCUT2D eigenvalue weighted by atomic mass is 19.4. The Morgan fingerprint density at radius 2 is 1.79 bits per heavy atom. The van der Waals surface area contributed by atoms with E-state index in [4.69, 9.17) is 9.47 Å². The highest BCUT2D eigenvalue weighted by Gasteiger charge is 2.35. The molecule has 6 heteroatoms. The standard InChI is InChI=1S/C18H14F3NO2/c19-18(20,21)12-7-8-17-15(10-12)22(13-4-3-9-23-11-13)14-5-1-2-6-16(14)24-17/h1-8,10,13H,9,11H2/t13-/m1/s1. The number of nitrogens with zero attached hydrogens (tertiary/aromatic N) is 1. The second-order valence-corrected chi connectivity index (χ2v) is 5.65. The summed E-state index contributed by atoms with van der Waals surface area (Å²) < 4.78 is 50.6. The molecule has 4 rings (SSSR count). The van der Waals surface area contributed by atoms with Crippen molar-refractivity contribution in [3.05, 3.63) is 60.2 Å². The molecule has 2 aromatic carbocycles. The molecule has 0 saturated heterocycles. The van der Waals surface area contributed by atoms with Crippen molar-refractivity contribution < 1.29 is 22.6 Å². The summed E-state index contributed by atoms with van der Waals surface area (Å²) in [6.07, 6.45) is -0.578. The molecule has 24 heavy (non-hydrogen) atoms. The van der Waals surface area contributed by atoms with Crippen LogP contribution in [0.1, 0.15) is 5.56 Å². The molecule has 0 spiro atoms. The maximum Gasteiger partial charge on any atom is 0.416 e. The molecule has 0 amide bonds. The summed E-state index contributed by atoms with van der Waals surface area (Å²) >= 11 is 0. The van der Waals surface area contributed by atoms with Crippen molar-refractivity contribution in [2.24, 2.45) is 0 Å². The largest absolute Gasteiger partial charge is 0.453 e. The minimum Gasteiger partial charge on any atom is -0.453 e. The van der Waals surface area contributed by atoms with E-state index in [0.29, 0.717) is 30.4 Å². The summed E-state index contributed by atoms with van der Waals surface area (Å²) in [6.45, 7) is 0.915. The normalized spacial score (nSPS) is 19.5. The van der Waals surface area contributed by atoms with E-state index in [9.17, 15) is 13.2 Å². The van der Waals surface area contributed by atoms with Crippen molar-refractivity contribution in [3.8, 4) is 11.5 Å². The van der Waals surface area contributed by atoms with Crippen LogP contribution in [0.15, 0.2) is 54.6 Å². The monoisotopic (exact) mass is 333 g/mol. The Balaban J connectivity index is 1.88. The van der Waals surface area contributed by atoms with Gasteiger partial charge in [-0.15, -0.1) is 0 Å². The molecule has 124 valence electrons. The van der Waals surface area contributed by atoms with Crippen molar-refractivity contribution in [1.29, 1.82) is 0 Å². The molecular weight excluding hydrogens is 319 g/mol. The van der Waals surface area contributed by atoms with Gasteiger partial charge in [-0.2, -0.15) is 13.2 Å². The van der Waals surface area contributed by atoms with Crippen LogP contribution in [0.3, 0.4) is 0 Å². The third kappa shape index (κ3) is 2.53. The fourth-order valence-electron chi connectivity index (χ4n) is 3.00. The van der Waals surface area contributed by atoms with Gasteiger partial charge < -0.3 is 14.4 Å². The first-order valence-corrected chi connectivity index (χ1v) is 7.56. The quantitative estimate of drug-likeness (QED) is 0.693. The van der Waals surface area contributed by atoms with E-state index in [0.717, 1.165) is 17.8 Å². The maximum atomic E-state index is 13.1. The van der Waals surface area contributed by atoms with Crippen LogP contribution in [0.2, 0.25) is 0 Å². The van der Waals surface area contributed by atoms with Gasteiger partial charge in [0.2, 0.25) is 0 Å². The number of halogens is 3. The summed E-state index contributed by atoms with van der Waals surface area (Å²) in [5.74, 6) is 1.02. The Morgan fingerprint density at radius 1 is 1.00 bits per heavy atom. The van der Waals surface area contributed by atoms with E-state index in [2.05, 4.69) is 0 Å². The lowest BCUT2D eigenvalue weighted by molar-refractivity contribution is -0.137. The van der Waals surface area contributed by atoms with Gasteiger partial charge in [0, 0.05) is 0 Å². The number of hydrogen-bond acceptors (Lipinski definition) is 3. The van der Waals surface area contributed by atoms with Crippen molar-refractivity contribution >= 4 is 11.4 Å². The number of hydrogen-bond donors (Lipinski definition) is 0. The smallest absolute Gasteiger partial charge is 0.416 e. The van der Waals surface area contributed by atoms with Crippen LogP contribution >= 0.6 is 0 Å². The maximum absolute atomic E-state index is 13.1. The number of para-hydroxylation sites is 2. The van der Waals surface area contributed by atoms with Crippen LogP contribution in [0, 0.1) is 0 Å². The molecule has 0 radical (unpaired) electrons. The van der Waals surface area contributed by atoms with Gasteiger partial charge in [-0.05, 0) is 30.3 Å². The number of alkyl halides is 3. The molecule has 2 heterocycles. The number of benzene rings is 2. The number of ether oxygens (including phenoxy) is 2. The van der Waals surface area contributed by atoms with E-state index < -0.39 is 11.7 Å². The van der Waals surface area contributed by atoms with Crippen LogP contribution in [-0.2, 0) is 10.9 Å². The van der Waals surface area contributed by atoms with Gasteiger partial charge in [0.25, 0.3) is 0 Å². The molecule has 0 saturated carbocycles. The zero-order chi connectivity index (χ0) is 16.7. The first-order valence-electron chi connectivity index (χ1n) is 7.56. The predicted octanol–water partition coefficient (Wildman–Crippen LogP) is 4.90. The van der Waals surface area contributed by atoms with E-state index in [1.165, 1.54) is 6.07 Å². The Morgan fingerprint density at radius 3 is 2.54 bits per heavy atom. The molecule has 2 aromatic rings. The van der Waals surface area contributed by atoms with Gasteiger partial charge in [0.05, 0.1) is 36.2 Å². The lowest BCUT2D eigenvalue weighted by atomic mass is 10.1. The summed E-state index contributed by atoms with van der Waals surface area (Å²) in [5, 5.41) is 0. The van der Waals surface area contributed by atoms with Crippen molar-refractivity contribution in [1.82, 2.24) is 0 Å². The van der Waals surface area contributed by atoms with Gasteiger partial charge >= 0.3 is 6.18 Å². The number of anilines is 2. The SMILES string of the molecule is FC(F)(F)c1ccc2c(c1)N([C@@H]1C=CCOC1)c1ccccc1O2. The van der Waals surface area contributed by atoms with E-state index in [1.807, 2.05) is 35.3 Å². The summed E-state index contributed by atoms with van der Waals surface area (Å²) in [6, 6.07) is 10.7. The lowest BCUT2D eigenvalue weighted by Crippen LogP contribution is -2.37. The summed E-state index contributed by atoms with van der Waals surface area (Å²) in [5.41, 5.74) is 0.420. The molecule has 1 atom stereocenters. The molecule has 3 nitrogen and oxygen atoms in total. The summed E-state index contributed by atoms with van der Waals surface area (Å²) in [4.78, 5) is 1.85. The molecule has 2 aliphatic heterocycles. The number of fused-ring (bicyclic) bond motifs is 2. The van der Waals surface area contributed by atoms with Crippen LogP contribution < -0.4 is 9.64 Å². The Hall–Kier alpha value is -2.47. The second-order valence-electron chi connectivity index (χ2n) is 5.65. The Bertz CT molecular complexity index is 801. The second kappa shape index (κ2) is 5.56. The fraction of sp³-hybridized carbons (Fsp3) is 0.222. The summed E-state index contributed by atoms with van der Waals surface area (Å²) in [7, 11) is 0. The van der Waals surface area contributed by atoms with E-state index in [1.54, 1.807) is 6.07 Å². The minimum absolute atomic E-state index is 0.189. The van der Waals surface area contributed by atoms with Crippen LogP contribution in [0.5, 0.6) is 11.5 Å². The highest BCUT2D eigenvalue weighted by Crippen LogP contribution is 2.49. The first-order chi connectivity index (χ1) is 11.5. The zero-order valence-electron chi connectivity index (χ0n) is 12.6. The van der Waals surface area contributed by atoms with Crippen molar-refractivity contribution in [3.63, 3.8) is 0 Å². The molecule has 0 unspecified atom stereocenters. The fourth-order valence-corrected chi connectivity index (χ4v) is 3.00. The molecule has 2 aliphatic rings. The van der Waals surface area contributed by atoms with E-state index in [-0.39, 0.29) is 6.04 Å². The van der Waals surface area contributed by atoms with Crippen LogP contribution in [-0.4, -0.2) is 19.3 Å². The van der Waals surface area contributed by atoms with Crippen molar-refractivity contribution in [2.45, 2.75) is 12.2 Å². The average Bonchev–Trinajstić information content (AvgIpc) is 2.59. The molecule has 0 aromatic heterocycles. The topological polar surface area (TPSA) is 21.7 Å². The van der Waals surface area contributed by atoms with E-state index >= 15 is 0 Å². The van der Waals surface area contributed by atoms with Gasteiger partial charge in [-0.3, -0.25) is 0 Å². The minimum atomic E-state index is -4.41. The van der Waals surface area contributed by atoms with Gasteiger partial charge in [0.15, 0.2) is 11.5 Å². The lowest BCUT2D eigenvalue weighted by Gasteiger charge is -2.38. The molecule has 0 N–H and O–H groups in total. The predicted molar refractivity (Wildman–Crippen MR) is 83.8 cm³/mol. The number of rotatable bonds is 1. The average molecular weight is 333 g/mol. The molecule has 0 bridgehead atoms. The van der Waals surface area contributed by atoms with Crippen LogP contribution in [0.25, 0.3) is 0 Å². The molecular formula is C18H14F3NO2. The highest BCUT2D eigenvalue weighted by molar-refractivity contribution is 5.79. The molecule has 0 aliphatic carbocycles. The Kier molecular flexibility index (Phi) is 3.49.